The molecule has 3 N–H and O–H groups in total. The lowest BCUT2D eigenvalue weighted by Crippen LogP contribution is -2.42. The van der Waals surface area contributed by atoms with Gasteiger partial charge in [-0.2, -0.15) is 5.10 Å². The Balaban J connectivity index is 1.48. The minimum atomic E-state index is -0.0702. The molecule has 0 spiro atoms. The van der Waals surface area contributed by atoms with Crippen molar-refractivity contribution in [3.8, 4) is 0 Å². The van der Waals surface area contributed by atoms with Crippen molar-refractivity contribution in [1.29, 1.82) is 0 Å². The normalized spacial score (nSPS) is 14.8. The number of piperazine rings is 1. The maximum atomic E-state index is 13.1. The highest BCUT2D eigenvalue weighted by Gasteiger charge is 2.18. The molecule has 1 aliphatic rings. The first-order valence-electron chi connectivity index (χ1n) is 11.3. The Kier molecular flexibility index (Phi) is 6.06. The number of carbonyl (C=O) groups excluding carboxylic acids is 1. The first-order valence-corrected chi connectivity index (χ1v) is 11.3. The van der Waals surface area contributed by atoms with E-state index in [0.717, 1.165) is 60.6 Å². The van der Waals surface area contributed by atoms with E-state index in [1.807, 2.05) is 43.5 Å². The highest BCUT2D eigenvalue weighted by molar-refractivity contribution is 6.06. The summed E-state index contributed by atoms with van der Waals surface area (Å²) in [7, 11) is 1.83. The Morgan fingerprint density at radius 2 is 1.94 bits per heavy atom. The van der Waals surface area contributed by atoms with Gasteiger partial charge in [0.05, 0.1) is 16.9 Å². The molecule has 0 saturated carbocycles. The molecule has 0 radical (unpaired) electrons. The van der Waals surface area contributed by atoms with Crippen LogP contribution in [-0.2, 0) is 6.54 Å². The van der Waals surface area contributed by atoms with Crippen LogP contribution in [0.3, 0.4) is 0 Å². The van der Waals surface area contributed by atoms with Crippen LogP contribution in [0.1, 0.15) is 27.3 Å². The summed E-state index contributed by atoms with van der Waals surface area (Å²) in [5.74, 6) is -0.0702. The van der Waals surface area contributed by atoms with E-state index in [4.69, 9.17) is 0 Å². The van der Waals surface area contributed by atoms with E-state index >= 15 is 0 Å². The van der Waals surface area contributed by atoms with Crippen LogP contribution in [-0.4, -0.2) is 59.2 Å². The number of amides is 1. The zero-order valence-corrected chi connectivity index (χ0v) is 18.7. The lowest BCUT2D eigenvalue weighted by molar-refractivity contribution is 0.0989. The van der Waals surface area contributed by atoms with Gasteiger partial charge in [0.2, 0.25) is 0 Å². The van der Waals surface area contributed by atoms with Gasteiger partial charge in [0, 0.05) is 51.4 Å². The lowest BCUT2D eigenvalue weighted by Gasteiger charge is -2.28. The molecule has 33 heavy (non-hydrogen) atoms. The molecule has 0 bridgehead atoms. The zero-order chi connectivity index (χ0) is 22.6. The standard InChI is InChI=1S/C26H28N6O/c1-31(26(33)24-7-4-12-28-24)25-17-19(18-32-15-13-27-14-16-32)8-9-20(25)10-11-23-21-5-2-3-6-22(21)29-30-23/h2-12,17,27-28H,13-16,18H2,1H3,(H,29,30)/b11-10+. The summed E-state index contributed by atoms with van der Waals surface area (Å²) in [6.07, 6.45) is 5.80. The summed E-state index contributed by atoms with van der Waals surface area (Å²) < 4.78 is 0. The molecule has 7 nitrogen and oxygen atoms in total. The second-order valence-corrected chi connectivity index (χ2v) is 8.36. The number of benzene rings is 2. The van der Waals surface area contributed by atoms with Crippen LogP contribution in [0.25, 0.3) is 23.1 Å². The van der Waals surface area contributed by atoms with Gasteiger partial charge in [0.15, 0.2) is 0 Å². The monoisotopic (exact) mass is 440 g/mol. The summed E-state index contributed by atoms with van der Waals surface area (Å²) in [6, 6.07) is 18.1. The average Bonchev–Trinajstić information content (AvgIpc) is 3.53. The summed E-state index contributed by atoms with van der Waals surface area (Å²) in [5.41, 5.74) is 5.48. The SMILES string of the molecule is CN(C(=O)c1ccc[nH]1)c1cc(CN2CCNCC2)ccc1/C=C/c1n[nH]c2ccccc12. The van der Waals surface area contributed by atoms with Crippen LogP contribution in [0, 0.1) is 0 Å². The van der Waals surface area contributed by atoms with Gasteiger partial charge < -0.3 is 15.2 Å². The van der Waals surface area contributed by atoms with Gasteiger partial charge >= 0.3 is 0 Å². The molecule has 0 unspecified atom stereocenters. The molecular formula is C26H28N6O. The van der Waals surface area contributed by atoms with Crippen molar-refractivity contribution >= 4 is 34.6 Å². The topological polar surface area (TPSA) is 80.1 Å². The molecule has 1 amide bonds. The van der Waals surface area contributed by atoms with Crippen molar-refractivity contribution in [3.05, 3.63) is 83.3 Å². The molecule has 7 heteroatoms. The molecule has 1 aliphatic heterocycles. The Labute approximate surface area is 193 Å². The van der Waals surface area contributed by atoms with Gasteiger partial charge in [-0.1, -0.05) is 36.4 Å². The van der Waals surface area contributed by atoms with Gasteiger partial charge in [0.1, 0.15) is 5.69 Å². The smallest absolute Gasteiger partial charge is 0.274 e. The number of nitrogens with one attached hydrogen (secondary N) is 3. The van der Waals surface area contributed by atoms with E-state index in [-0.39, 0.29) is 5.91 Å². The largest absolute Gasteiger partial charge is 0.357 e. The Bertz CT molecular complexity index is 1270. The fraction of sp³-hybridized carbons (Fsp3) is 0.231. The first-order chi connectivity index (χ1) is 16.2. The minimum Gasteiger partial charge on any atom is -0.357 e. The number of para-hydroxylation sites is 1. The second kappa shape index (κ2) is 9.44. The predicted molar refractivity (Wildman–Crippen MR) is 133 cm³/mol. The number of hydrogen-bond acceptors (Lipinski definition) is 4. The third kappa shape index (κ3) is 4.60. The molecule has 5 rings (SSSR count). The van der Waals surface area contributed by atoms with Crippen LogP contribution in [0.15, 0.2) is 60.8 Å². The van der Waals surface area contributed by atoms with Gasteiger partial charge in [-0.3, -0.25) is 14.8 Å². The number of hydrogen-bond donors (Lipinski definition) is 3. The zero-order valence-electron chi connectivity index (χ0n) is 18.7. The van der Waals surface area contributed by atoms with Crippen LogP contribution in [0.5, 0.6) is 0 Å². The number of rotatable bonds is 6. The highest BCUT2D eigenvalue weighted by atomic mass is 16.2. The molecule has 0 atom stereocenters. The third-order valence-corrected chi connectivity index (χ3v) is 6.13. The molecule has 168 valence electrons. The molecular weight excluding hydrogens is 412 g/mol. The number of fused-ring (bicyclic) bond motifs is 1. The summed E-state index contributed by atoms with van der Waals surface area (Å²) in [6.45, 7) is 4.95. The first kappa shape index (κ1) is 21.2. The van der Waals surface area contributed by atoms with E-state index in [2.05, 4.69) is 49.7 Å². The number of anilines is 1. The number of nitrogens with zero attached hydrogens (tertiary/aromatic N) is 3. The summed E-state index contributed by atoms with van der Waals surface area (Å²) in [4.78, 5) is 20.3. The Morgan fingerprint density at radius 1 is 1.09 bits per heavy atom. The lowest BCUT2D eigenvalue weighted by atomic mass is 10.1. The second-order valence-electron chi connectivity index (χ2n) is 8.36. The maximum Gasteiger partial charge on any atom is 0.274 e. The van der Waals surface area contributed by atoms with E-state index in [1.165, 1.54) is 5.56 Å². The molecule has 4 aromatic rings. The molecule has 1 saturated heterocycles. The Hall–Kier alpha value is -3.68. The van der Waals surface area contributed by atoms with E-state index in [1.54, 1.807) is 17.2 Å². The highest BCUT2D eigenvalue weighted by Crippen LogP contribution is 2.27. The number of carbonyl (C=O) groups is 1. The van der Waals surface area contributed by atoms with Crippen LogP contribution in [0.4, 0.5) is 5.69 Å². The van der Waals surface area contributed by atoms with Gasteiger partial charge in [-0.05, 0) is 41.5 Å². The average molecular weight is 441 g/mol. The fourth-order valence-electron chi connectivity index (χ4n) is 4.28. The fourth-order valence-corrected chi connectivity index (χ4v) is 4.28. The number of aromatic nitrogens is 3. The van der Waals surface area contributed by atoms with Crippen molar-refractivity contribution in [1.82, 2.24) is 25.4 Å². The van der Waals surface area contributed by atoms with Crippen molar-refractivity contribution in [3.63, 3.8) is 0 Å². The third-order valence-electron chi connectivity index (χ3n) is 6.13. The molecule has 2 aromatic carbocycles. The molecule has 2 aromatic heterocycles. The number of H-pyrrole nitrogens is 2. The molecule has 1 fully saturated rings. The van der Waals surface area contributed by atoms with E-state index < -0.39 is 0 Å². The van der Waals surface area contributed by atoms with Crippen LogP contribution >= 0.6 is 0 Å². The summed E-state index contributed by atoms with van der Waals surface area (Å²) >= 11 is 0. The van der Waals surface area contributed by atoms with Gasteiger partial charge in [-0.25, -0.2) is 0 Å². The van der Waals surface area contributed by atoms with E-state index in [0.29, 0.717) is 5.69 Å². The van der Waals surface area contributed by atoms with Gasteiger partial charge in [0.25, 0.3) is 5.91 Å². The van der Waals surface area contributed by atoms with Crippen LogP contribution < -0.4 is 10.2 Å². The molecule has 0 aliphatic carbocycles. The summed E-state index contributed by atoms with van der Waals surface area (Å²) in [5, 5.41) is 12.0. The van der Waals surface area contributed by atoms with Crippen molar-refractivity contribution in [2.45, 2.75) is 6.54 Å². The van der Waals surface area contributed by atoms with Gasteiger partial charge in [-0.15, -0.1) is 0 Å². The predicted octanol–water partition coefficient (Wildman–Crippen LogP) is 3.74. The maximum absolute atomic E-state index is 13.1. The molecule has 3 heterocycles. The van der Waals surface area contributed by atoms with Crippen LogP contribution in [0.2, 0.25) is 0 Å². The minimum absolute atomic E-state index is 0.0702. The van der Waals surface area contributed by atoms with Crippen molar-refractivity contribution < 1.29 is 4.79 Å². The van der Waals surface area contributed by atoms with Crippen molar-refractivity contribution in [2.24, 2.45) is 0 Å². The Morgan fingerprint density at radius 3 is 2.76 bits per heavy atom. The number of aromatic amines is 2. The van der Waals surface area contributed by atoms with Crippen molar-refractivity contribution in [2.75, 3.05) is 38.1 Å². The van der Waals surface area contributed by atoms with E-state index in [9.17, 15) is 4.79 Å². The quantitative estimate of drug-likeness (QED) is 0.427.